The Morgan fingerprint density at radius 1 is 0.435 bits per heavy atom. The van der Waals surface area contributed by atoms with Crippen molar-refractivity contribution in [3.63, 3.8) is 0 Å². The molecule has 8 nitrogen and oxygen atoms in total. The summed E-state index contributed by atoms with van der Waals surface area (Å²) < 4.78 is 0. The fourth-order valence-electron chi connectivity index (χ4n) is 0. The van der Waals surface area contributed by atoms with Crippen LogP contribution in [0.5, 0.6) is 0 Å². The van der Waals surface area contributed by atoms with Crippen LogP contribution in [0.1, 0.15) is 0 Å². The molecule has 0 aliphatic rings. The Labute approximate surface area is 232 Å². The third kappa shape index (κ3) is 5690. The molecule has 0 aliphatic heterocycles. The number of hydrogen-bond acceptors (Lipinski definition) is 8. The van der Waals surface area contributed by atoms with Crippen molar-refractivity contribution in [2.75, 3.05) is 0 Å². The van der Waals surface area contributed by atoms with Gasteiger partial charge in [0, 0.05) is 0 Å². The summed E-state index contributed by atoms with van der Waals surface area (Å²) in [5.41, 5.74) is 0. The molecule has 0 saturated heterocycles. The average molecular weight is 431 g/mol. The maximum absolute atomic E-state index is 7.50. The summed E-state index contributed by atoms with van der Waals surface area (Å²) in [5.74, 6) is 0. The second-order valence-electron chi connectivity index (χ2n) is 2.03. The molecule has 0 amide bonds. The van der Waals surface area contributed by atoms with Gasteiger partial charge in [-0.25, -0.2) is 0 Å². The summed E-state index contributed by atoms with van der Waals surface area (Å²) in [5, 5.41) is 0. The first-order valence-corrected chi connectivity index (χ1v) is 8.32. The van der Waals surface area contributed by atoms with E-state index in [-0.39, 0.29) is 103 Å². The molecule has 16 radical (unpaired) electrons. The van der Waals surface area contributed by atoms with Crippen molar-refractivity contribution in [1.29, 1.82) is 0 Å². The van der Waals surface area contributed by atoms with Crippen LogP contribution in [0.2, 0.25) is 19.6 Å². The first kappa shape index (κ1) is 74.5. The van der Waals surface area contributed by atoms with Crippen molar-refractivity contribution in [2.45, 2.75) is 19.6 Å². The second kappa shape index (κ2) is 215. The topological polar surface area (TPSA) is 137 Å². The van der Waals surface area contributed by atoms with Gasteiger partial charge in [0.2, 0.25) is 0 Å². The molecular weight excluding hydrogens is 422 g/mol. The predicted molar refractivity (Wildman–Crippen MR) is 68.9 cm³/mol. The Hall–Kier alpha value is 1.37. The van der Waals surface area contributed by atoms with Gasteiger partial charge in [-0.1, -0.05) is 0 Å². The standard InChI is InChI=1S/C3H9Si.8CO.Fe.2K/c1-4(2)3;8*1-2;;;/h1-3H3;;;;;;;;;;;/q;;;;;;;;;-2;2*+1. The SMILES string of the molecule is C[Si](C)(C)[Fe-2].[C]=O.[C]=O.[C]=O.[C]=O.[C]=O.[C]=O.[C]=O.[C]=O.[K+].[K+]. The molecule has 0 heterocycles. The van der Waals surface area contributed by atoms with Crippen molar-refractivity contribution < 1.29 is 156 Å². The molecule has 12 heteroatoms. The molecule has 0 unspecified atom stereocenters. The van der Waals surface area contributed by atoms with Crippen LogP contribution in [0.4, 0.5) is 0 Å². The first-order chi connectivity index (χ1) is 10.0. The normalized spacial score (nSPS) is 4.04. The molecule has 0 saturated carbocycles. The van der Waals surface area contributed by atoms with E-state index in [1.54, 1.807) is 0 Å². The van der Waals surface area contributed by atoms with Gasteiger partial charge in [0.05, 0.1) is 0 Å². The molecule has 0 aromatic heterocycles. The Morgan fingerprint density at radius 2 is 0.435 bits per heavy atom. The number of hydrogen-bond donors (Lipinski definition) is 0. The van der Waals surface area contributed by atoms with Crippen molar-refractivity contribution >= 4 is 61.0 Å². The Kier molecular flexibility index (Phi) is 697. The van der Waals surface area contributed by atoms with E-state index in [0.29, 0.717) is 0 Å². The van der Waals surface area contributed by atoms with Crippen LogP contribution in [-0.4, -0.2) is 61.0 Å². The quantitative estimate of drug-likeness (QED) is 0.345. The summed E-state index contributed by atoms with van der Waals surface area (Å²) in [6.45, 7) is 41.8. The van der Waals surface area contributed by atoms with Gasteiger partial charge < -0.3 is 0 Å². The zero-order chi connectivity index (χ0) is 20.5. The van der Waals surface area contributed by atoms with Crippen LogP contribution in [-0.2, 0) is 53.7 Å². The van der Waals surface area contributed by atoms with Crippen LogP contribution in [0.25, 0.3) is 0 Å². The van der Waals surface area contributed by atoms with Crippen molar-refractivity contribution in [3.05, 3.63) is 0 Å². The molecule has 0 rings (SSSR count). The van der Waals surface area contributed by atoms with E-state index in [4.69, 9.17) is 38.4 Å². The maximum Gasteiger partial charge on any atom is 1.00 e. The summed E-state index contributed by atoms with van der Waals surface area (Å²) >= 11 is 3.91. The van der Waals surface area contributed by atoms with Gasteiger partial charge in [0.15, 0.2) is 0 Å². The molecule has 0 N–H and O–H groups in total. The number of rotatable bonds is 0. The summed E-state index contributed by atoms with van der Waals surface area (Å²) in [6, 6.07) is 0. The molecule has 0 aliphatic carbocycles. The van der Waals surface area contributed by atoms with Gasteiger partial charge in [0.25, 0.3) is 54.3 Å². The largest absolute Gasteiger partial charge is 1.00 e. The van der Waals surface area contributed by atoms with Crippen molar-refractivity contribution in [2.24, 2.45) is 0 Å². The number of carbonyl (C=O) groups excluding carboxylic acids is 8. The average Bonchev–Trinajstić information content (AvgIpc) is 2.60. The van der Waals surface area contributed by atoms with Gasteiger partial charge in [-0.15, -0.1) is 0 Å². The van der Waals surface area contributed by atoms with Crippen molar-refractivity contribution in [1.82, 2.24) is 0 Å². The molecule has 0 spiro atoms. The van der Waals surface area contributed by atoms with Crippen LogP contribution in [0.15, 0.2) is 0 Å². The van der Waals surface area contributed by atoms with E-state index in [9.17, 15) is 0 Å². The van der Waals surface area contributed by atoms with E-state index in [2.05, 4.69) is 89.3 Å². The maximum atomic E-state index is 7.50. The smallest absolute Gasteiger partial charge is 0.281 e. The van der Waals surface area contributed by atoms with E-state index in [1.165, 1.54) is 0 Å². The summed E-state index contributed by atoms with van der Waals surface area (Å²) in [7, 11) is 0. The molecule has 0 atom stereocenters. The molecular formula is C11H9FeK2O8Si. The minimum absolute atomic E-state index is 0. The predicted octanol–water partition coefficient (Wildman–Crippen LogP) is -7.80. The van der Waals surface area contributed by atoms with Crippen LogP contribution in [0.3, 0.4) is 0 Å². The molecule has 115 valence electrons. The third-order valence-corrected chi connectivity index (χ3v) is 0. The van der Waals surface area contributed by atoms with E-state index in [1.807, 2.05) is 0 Å². The molecule has 23 heavy (non-hydrogen) atoms. The fourth-order valence-corrected chi connectivity index (χ4v) is 0. The minimum Gasteiger partial charge on any atom is -0.281 e. The fraction of sp³-hybridized carbons (Fsp3) is 0.273. The molecule has 0 fully saturated rings. The van der Waals surface area contributed by atoms with Gasteiger partial charge >= 0.3 is 144 Å². The first-order valence-electron chi connectivity index (χ1n) is 3.31. The van der Waals surface area contributed by atoms with Crippen molar-refractivity contribution in [3.8, 4) is 0 Å². The van der Waals surface area contributed by atoms with Gasteiger partial charge in [0.1, 0.15) is 0 Å². The zero-order valence-electron chi connectivity index (χ0n) is 13.1. The van der Waals surface area contributed by atoms with E-state index >= 15 is 0 Å². The molecule has 0 bridgehead atoms. The van der Waals surface area contributed by atoms with Crippen LogP contribution in [0, 0.1) is 0 Å². The van der Waals surface area contributed by atoms with Crippen LogP contribution >= 0.6 is 0 Å². The Bertz CT molecular complexity index is 107. The Morgan fingerprint density at radius 3 is 0.435 bits per heavy atom. The summed E-state index contributed by atoms with van der Waals surface area (Å²) in [6.07, 6.45) is 0. The second-order valence-corrected chi connectivity index (χ2v) is 11.1. The minimum atomic E-state index is -0.861. The third-order valence-electron chi connectivity index (χ3n) is 0. The van der Waals surface area contributed by atoms with Crippen LogP contribution < -0.4 is 103 Å². The Balaban J connectivity index is -0.00000000804. The van der Waals surface area contributed by atoms with Gasteiger partial charge in [-0.2, -0.15) is 0 Å². The molecule has 0 aromatic carbocycles. The zero-order valence-corrected chi connectivity index (χ0v) is 21.5. The van der Waals surface area contributed by atoms with Gasteiger partial charge in [-0.05, 0) is 0 Å². The van der Waals surface area contributed by atoms with E-state index < -0.39 is 6.68 Å². The van der Waals surface area contributed by atoms with E-state index in [0.717, 1.165) is 0 Å². The molecule has 0 aromatic rings. The monoisotopic (exact) mass is 431 g/mol. The summed E-state index contributed by atoms with van der Waals surface area (Å²) in [4.78, 5) is 60.0. The van der Waals surface area contributed by atoms with Gasteiger partial charge in [-0.3, -0.25) is 38.4 Å².